The minimum absolute atomic E-state index is 0.0887. The first-order valence-corrected chi connectivity index (χ1v) is 13.6. The molecule has 0 radical (unpaired) electrons. The van der Waals surface area contributed by atoms with E-state index in [-0.39, 0.29) is 12.0 Å². The van der Waals surface area contributed by atoms with Gasteiger partial charge >= 0.3 is 0 Å². The van der Waals surface area contributed by atoms with Gasteiger partial charge in [-0.1, -0.05) is 42.5 Å². The van der Waals surface area contributed by atoms with Crippen molar-refractivity contribution in [2.45, 2.75) is 18.9 Å². The molecule has 2 aliphatic rings. The van der Waals surface area contributed by atoms with Gasteiger partial charge in [0.05, 0.1) is 24.7 Å². The van der Waals surface area contributed by atoms with Crippen LogP contribution in [-0.2, 0) is 9.47 Å². The average molecular weight is 528 g/mol. The van der Waals surface area contributed by atoms with Gasteiger partial charge in [-0.3, -0.25) is 9.69 Å². The number of carbonyl (C=O) groups excluding carboxylic acids is 1. The Hall–Kier alpha value is -3.79. The van der Waals surface area contributed by atoms with Gasteiger partial charge in [-0.25, -0.2) is 9.97 Å². The molecule has 2 aromatic carbocycles. The van der Waals surface area contributed by atoms with E-state index in [0.717, 1.165) is 80.2 Å². The first kappa shape index (κ1) is 25.5. The van der Waals surface area contributed by atoms with E-state index in [1.807, 2.05) is 42.5 Å². The van der Waals surface area contributed by atoms with Crippen LogP contribution in [-0.4, -0.2) is 79.4 Å². The lowest BCUT2D eigenvalue weighted by molar-refractivity contribution is 0.0383. The van der Waals surface area contributed by atoms with Crippen LogP contribution in [0.4, 0.5) is 5.82 Å². The topological polar surface area (TPSA) is 102 Å². The lowest BCUT2D eigenvalue weighted by atomic mass is 9.98. The molecule has 2 N–H and O–H groups in total. The molecule has 4 aromatic rings. The molecule has 6 rings (SSSR count). The van der Waals surface area contributed by atoms with Gasteiger partial charge in [0.1, 0.15) is 17.9 Å². The molecule has 1 atom stereocenters. The number of nitrogens with zero attached hydrogens (tertiary/aromatic N) is 3. The monoisotopic (exact) mass is 527 g/mol. The summed E-state index contributed by atoms with van der Waals surface area (Å²) in [6.07, 6.45) is 3.82. The van der Waals surface area contributed by atoms with Crippen LogP contribution < -0.4 is 10.6 Å². The summed E-state index contributed by atoms with van der Waals surface area (Å²) in [5.41, 5.74) is 3.91. The van der Waals surface area contributed by atoms with E-state index < -0.39 is 0 Å². The fraction of sp³-hybridized carbons (Fsp3) is 0.367. The predicted octanol–water partition coefficient (Wildman–Crippen LogP) is 4.21. The van der Waals surface area contributed by atoms with Crippen LogP contribution in [0, 0.1) is 0 Å². The first-order valence-electron chi connectivity index (χ1n) is 13.6. The number of hydrogen-bond acceptors (Lipinski definition) is 8. The third kappa shape index (κ3) is 5.80. The molecule has 2 saturated heterocycles. The smallest absolute Gasteiger partial charge is 0.251 e. The number of morpholine rings is 1. The van der Waals surface area contributed by atoms with E-state index in [9.17, 15) is 4.79 Å². The quantitative estimate of drug-likeness (QED) is 0.334. The van der Waals surface area contributed by atoms with Crippen LogP contribution in [0.15, 0.2) is 65.3 Å². The maximum atomic E-state index is 12.8. The molecule has 4 heterocycles. The van der Waals surface area contributed by atoms with E-state index >= 15 is 0 Å². The van der Waals surface area contributed by atoms with Crippen LogP contribution in [0.3, 0.4) is 0 Å². The second-order valence-electron chi connectivity index (χ2n) is 9.88. The van der Waals surface area contributed by atoms with Crippen molar-refractivity contribution in [3.8, 4) is 22.5 Å². The molecule has 2 aromatic heterocycles. The van der Waals surface area contributed by atoms with Crippen molar-refractivity contribution in [1.82, 2.24) is 20.2 Å². The molecule has 1 unspecified atom stereocenters. The van der Waals surface area contributed by atoms with E-state index in [0.29, 0.717) is 30.1 Å². The van der Waals surface area contributed by atoms with Crippen LogP contribution in [0.25, 0.3) is 33.6 Å². The number of carbonyl (C=O) groups is 1. The van der Waals surface area contributed by atoms with Crippen molar-refractivity contribution in [2.75, 3.05) is 57.9 Å². The molecule has 9 nitrogen and oxygen atoms in total. The van der Waals surface area contributed by atoms with E-state index in [2.05, 4.69) is 37.6 Å². The molecule has 39 heavy (non-hydrogen) atoms. The fourth-order valence-electron chi connectivity index (χ4n) is 5.19. The zero-order valence-corrected chi connectivity index (χ0v) is 21.9. The number of amides is 1. The summed E-state index contributed by atoms with van der Waals surface area (Å²) < 4.78 is 17.5. The molecular weight excluding hydrogens is 494 g/mol. The summed E-state index contributed by atoms with van der Waals surface area (Å²) in [6.45, 7) is 6.21. The Labute approximate surface area is 227 Å². The van der Waals surface area contributed by atoms with Crippen molar-refractivity contribution in [3.05, 3.63) is 66.5 Å². The largest absolute Gasteiger partial charge is 0.437 e. The number of aromatic nitrogens is 2. The molecule has 9 heteroatoms. The number of hydrogen-bond donors (Lipinski definition) is 2. The number of rotatable bonds is 9. The van der Waals surface area contributed by atoms with E-state index in [4.69, 9.17) is 13.9 Å². The highest BCUT2D eigenvalue weighted by Gasteiger charge is 2.23. The Morgan fingerprint density at radius 2 is 1.79 bits per heavy atom. The first-order chi connectivity index (χ1) is 19.3. The molecule has 0 bridgehead atoms. The number of anilines is 1. The van der Waals surface area contributed by atoms with E-state index in [1.165, 1.54) is 6.33 Å². The fourth-order valence-corrected chi connectivity index (χ4v) is 5.19. The maximum absolute atomic E-state index is 12.8. The van der Waals surface area contributed by atoms with Gasteiger partial charge in [-0.2, -0.15) is 0 Å². The van der Waals surface area contributed by atoms with Crippen molar-refractivity contribution in [3.63, 3.8) is 0 Å². The molecule has 202 valence electrons. The van der Waals surface area contributed by atoms with Crippen molar-refractivity contribution in [1.29, 1.82) is 0 Å². The minimum atomic E-state index is -0.0887. The lowest BCUT2D eigenvalue weighted by Gasteiger charge is -2.26. The van der Waals surface area contributed by atoms with Gasteiger partial charge in [-0.15, -0.1) is 0 Å². The van der Waals surface area contributed by atoms with Gasteiger partial charge < -0.3 is 24.5 Å². The summed E-state index contributed by atoms with van der Waals surface area (Å²) in [5, 5.41) is 7.33. The van der Waals surface area contributed by atoms with Crippen LogP contribution in [0.2, 0.25) is 0 Å². The van der Waals surface area contributed by atoms with Gasteiger partial charge in [0.15, 0.2) is 0 Å². The summed E-state index contributed by atoms with van der Waals surface area (Å²) in [5.74, 6) is 1.32. The Bertz CT molecular complexity index is 1390. The maximum Gasteiger partial charge on any atom is 0.251 e. The molecule has 0 aliphatic carbocycles. The number of fused-ring (bicyclic) bond motifs is 1. The Morgan fingerprint density at radius 1 is 0.974 bits per heavy atom. The predicted molar refractivity (Wildman–Crippen MR) is 150 cm³/mol. The normalized spacial score (nSPS) is 17.9. The summed E-state index contributed by atoms with van der Waals surface area (Å²) in [7, 11) is 0. The summed E-state index contributed by atoms with van der Waals surface area (Å²) >= 11 is 0. The zero-order valence-electron chi connectivity index (χ0n) is 21.9. The van der Waals surface area contributed by atoms with Crippen molar-refractivity contribution < 1.29 is 18.7 Å². The molecule has 0 spiro atoms. The third-order valence-corrected chi connectivity index (χ3v) is 7.30. The molecule has 2 fully saturated rings. The number of benzene rings is 2. The highest BCUT2D eigenvalue weighted by molar-refractivity contribution is 6.06. The lowest BCUT2D eigenvalue weighted by Crippen LogP contribution is -2.41. The van der Waals surface area contributed by atoms with Gasteiger partial charge in [0.2, 0.25) is 5.71 Å². The van der Waals surface area contributed by atoms with Crippen molar-refractivity contribution >= 4 is 22.8 Å². The van der Waals surface area contributed by atoms with Gasteiger partial charge in [0.25, 0.3) is 5.91 Å². The van der Waals surface area contributed by atoms with Crippen LogP contribution in [0.1, 0.15) is 23.2 Å². The average Bonchev–Trinajstić information content (AvgIpc) is 3.66. The Balaban J connectivity index is 1.26. The number of ether oxygens (including phenoxy) is 2. The second kappa shape index (κ2) is 11.9. The molecular formula is C30H33N5O4. The second-order valence-corrected chi connectivity index (χ2v) is 9.88. The highest BCUT2D eigenvalue weighted by Crippen LogP contribution is 2.42. The van der Waals surface area contributed by atoms with Gasteiger partial charge in [0, 0.05) is 56.0 Å². The summed E-state index contributed by atoms with van der Waals surface area (Å²) in [4.78, 5) is 24.1. The highest BCUT2D eigenvalue weighted by atomic mass is 16.5. The molecule has 2 aliphatic heterocycles. The van der Waals surface area contributed by atoms with E-state index in [1.54, 1.807) is 0 Å². The van der Waals surface area contributed by atoms with Crippen LogP contribution >= 0.6 is 0 Å². The van der Waals surface area contributed by atoms with Crippen LogP contribution in [0.5, 0.6) is 0 Å². The number of nitrogens with one attached hydrogen (secondary N) is 2. The van der Waals surface area contributed by atoms with Crippen molar-refractivity contribution in [2.24, 2.45) is 0 Å². The Kier molecular flexibility index (Phi) is 7.80. The Morgan fingerprint density at radius 3 is 2.56 bits per heavy atom. The van der Waals surface area contributed by atoms with Gasteiger partial charge in [-0.05, 0) is 30.5 Å². The minimum Gasteiger partial charge on any atom is -0.437 e. The SMILES string of the molecule is O=C(NCCN1CCOCC1)c1ccc(-c2oc3ncnc(NCC4CCCO4)c3c2-c2ccccc2)cc1. The molecule has 0 saturated carbocycles. The molecule has 1 amide bonds. The third-order valence-electron chi connectivity index (χ3n) is 7.30. The standard InChI is InChI=1S/C30H33N5O4/c36-29(31-12-13-35-14-17-37-18-15-35)23-10-8-22(9-11-23)27-25(21-5-2-1-3-6-21)26-28(33-20-34-30(26)39-27)32-19-24-7-4-16-38-24/h1-3,5-6,8-11,20,24H,4,7,12-19H2,(H,31,36)(H,32,33,34). The summed E-state index contributed by atoms with van der Waals surface area (Å²) in [6, 6.07) is 17.6. The number of furan rings is 1. The zero-order chi connectivity index (χ0) is 26.4.